The minimum Gasteiger partial charge on any atom is -0.293 e. The molecule has 0 saturated heterocycles. The maximum Gasteiger partial charge on any atom is 0.173 e. The molecule has 0 radical (unpaired) electrons. The van der Waals surface area contributed by atoms with E-state index in [1.165, 1.54) is 5.56 Å². The number of thiophene rings is 1. The van der Waals surface area contributed by atoms with Gasteiger partial charge in [0.05, 0.1) is 4.88 Å². The molecule has 0 aliphatic carbocycles. The molecule has 13 heavy (non-hydrogen) atoms. The highest BCUT2D eigenvalue weighted by Crippen LogP contribution is 2.20. The number of aryl methyl sites for hydroxylation is 1. The lowest BCUT2D eigenvalue weighted by Crippen LogP contribution is -1.98. The highest BCUT2D eigenvalue weighted by Gasteiger charge is 2.10. The fraction of sp³-hybridized carbons (Fsp3) is 0.545. The number of hydrogen-bond donors (Lipinski definition) is 0. The standard InChI is InChI=1S/C11H16OS/c1-3-5-9-7-8-13-11(9)10(12)6-4-2/h7-8H,3-6H2,1-2H3. The van der Waals surface area contributed by atoms with Crippen LogP contribution in [0.5, 0.6) is 0 Å². The fourth-order valence-corrected chi connectivity index (χ4v) is 2.31. The van der Waals surface area contributed by atoms with E-state index < -0.39 is 0 Å². The van der Waals surface area contributed by atoms with Crippen LogP contribution in [-0.4, -0.2) is 5.78 Å². The lowest BCUT2D eigenvalue weighted by atomic mass is 10.1. The molecule has 0 aromatic carbocycles. The Kier molecular flexibility index (Phi) is 4.16. The van der Waals surface area contributed by atoms with E-state index in [4.69, 9.17) is 0 Å². The molecule has 0 aliphatic rings. The van der Waals surface area contributed by atoms with Gasteiger partial charge in [0.1, 0.15) is 0 Å². The Balaban J connectivity index is 2.74. The molecule has 0 saturated carbocycles. The second kappa shape index (κ2) is 5.18. The molecule has 1 aromatic rings. The van der Waals surface area contributed by atoms with Crippen molar-refractivity contribution in [2.45, 2.75) is 39.5 Å². The van der Waals surface area contributed by atoms with Crippen LogP contribution in [0.15, 0.2) is 11.4 Å². The Labute approximate surface area is 83.8 Å². The van der Waals surface area contributed by atoms with Gasteiger partial charge in [0.25, 0.3) is 0 Å². The first-order valence-electron chi connectivity index (χ1n) is 4.89. The number of Topliss-reactive ketones (excluding diaryl/α,β-unsaturated/α-hetero) is 1. The van der Waals surface area contributed by atoms with Crippen molar-refractivity contribution in [3.63, 3.8) is 0 Å². The second-order valence-electron chi connectivity index (χ2n) is 3.20. The van der Waals surface area contributed by atoms with Gasteiger partial charge in [0, 0.05) is 6.42 Å². The average Bonchev–Trinajstić information content (AvgIpc) is 2.54. The molecule has 0 unspecified atom stereocenters. The van der Waals surface area contributed by atoms with Gasteiger partial charge in [-0.2, -0.15) is 0 Å². The van der Waals surface area contributed by atoms with Crippen LogP contribution < -0.4 is 0 Å². The molecule has 0 fully saturated rings. The molecule has 1 rings (SSSR count). The summed E-state index contributed by atoms with van der Waals surface area (Å²) in [5.74, 6) is 0.320. The first-order valence-corrected chi connectivity index (χ1v) is 5.77. The van der Waals surface area contributed by atoms with Gasteiger partial charge in [-0.25, -0.2) is 0 Å². The minimum absolute atomic E-state index is 0.320. The van der Waals surface area contributed by atoms with E-state index >= 15 is 0 Å². The van der Waals surface area contributed by atoms with Crippen molar-refractivity contribution >= 4 is 17.1 Å². The molecule has 1 aromatic heterocycles. The van der Waals surface area contributed by atoms with E-state index in [0.717, 1.165) is 24.1 Å². The maximum atomic E-state index is 11.6. The van der Waals surface area contributed by atoms with Crippen LogP contribution in [0.25, 0.3) is 0 Å². The molecule has 1 heterocycles. The average molecular weight is 196 g/mol. The summed E-state index contributed by atoms with van der Waals surface area (Å²) < 4.78 is 0. The molecule has 1 nitrogen and oxygen atoms in total. The van der Waals surface area contributed by atoms with Crippen molar-refractivity contribution in [2.24, 2.45) is 0 Å². The van der Waals surface area contributed by atoms with Crippen molar-refractivity contribution in [3.8, 4) is 0 Å². The third-order valence-electron chi connectivity index (χ3n) is 2.00. The van der Waals surface area contributed by atoms with Gasteiger partial charge in [0.15, 0.2) is 5.78 Å². The molecule has 0 bridgehead atoms. The van der Waals surface area contributed by atoms with Crippen molar-refractivity contribution in [2.75, 3.05) is 0 Å². The molecule has 2 heteroatoms. The number of rotatable bonds is 5. The predicted octanol–water partition coefficient (Wildman–Crippen LogP) is 3.68. The van der Waals surface area contributed by atoms with Crippen LogP contribution in [0.2, 0.25) is 0 Å². The summed E-state index contributed by atoms with van der Waals surface area (Å²) >= 11 is 1.59. The Morgan fingerprint density at radius 1 is 1.38 bits per heavy atom. The van der Waals surface area contributed by atoms with E-state index in [0.29, 0.717) is 12.2 Å². The largest absolute Gasteiger partial charge is 0.293 e. The van der Waals surface area contributed by atoms with Gasteiger partial charge in [-0.05, 0) is 29.9 Å². The maximum absolute atomic E-state index is 11.6. The highest BCUT2D eigenvalue weighted by molar-refractivity contribution is 7.12. The van der Waals surface area contributed by atoms with Crippen LogP contribution in [0, 0.1) is 0 Å². The van der Waals surface area contributed by atoms with E-state index in [2.05, 4.69) is 13.0 Å². The van der Waals surface area contributed by atoms with Crippen LogP contribution in [0.4, 0.5) is 0 Å². The summed E-state index contributed by atoms with van der Waals surface area (Å²) in [5.41, 5.74) is 1.24. The lowest BCUT2D eigenvalue weighted by molar-refractivity contribution is 0.0985. The van der Waals surface area contributed by atoms with E-state index in [9.17, 15) is 4.79 Å². The monoisotopic (exact) mass is 196 g/mol. The molecule has 0 spiro atoms. The van der Waals surface area contributed by atoms with Gasteiger partial charge >= 0.3 is 0 Å². The van der Waals surface area contributed by atoms with Crippen LogP contribution in [0.1, 0.15) is 48.3 Å². The Morgan fingerprint density at radius 3 is 2.77 bits per heavy atom. The summed E-state index contributed by atoms with van der Waals surface area (Å²) in [6, 6.07) is 2.08. The van der Waals surface area contributed by atoms with Crippen molar-refractivity contribution in [1.82, 2.24) is 0 Å². The van der Waals surface area contributed by atoms with Gasteiger partial charge in [-0.3, -0.25) is 4.79 Å². The van der Waals surface area contributed by atoms with E-state index in [1.807, 2.05) is 12.3 Å². The quantitative estimate of drug-likeness (QED) is 0.656. The summed E-state index contributed by atoms with van der Waals surface area (Å²) in [4.78, 5) is 12.6. The first-order chi connectivity index (χ1) is 6.29. The second-order valence-corrected chi connectivity index (χ2v) is 4.11. The molecule has 0 N–H and O–H groups in total. The normalized spacial score (nSPS) is 10.3. The zero-order valence-corrected chi connectivity index (χ0v) is 9.12. The smallest absolute Gasteiger partial charge is 0.173 e. The van der Waals surface area contributed by atoms with Crippen LogP contribution >= 0.6 is 11.3 Å². The topological polar surface area (TPSA) is 17.1 Å². The number of hydrogen-bond acceptors (Lipinski definition) is 2. The zero-order chi connectivity index (χ0) is 9.68. The molecular weight excluding hydrogens is 180 g/mol. The summed E-state index contributed by atoms with van der Waals surface area (Å²) in [7, 11) is 0. The van der Waals surface area contributed by atoms with Crippen LogP contribution in [-0.2, 0) is 6.42 Å². The lowest BCUT2D eigenvalue weighted by Gasteiger charge is -1.99. The van der Waals surface area contributed by atoms with Gasteiger partial charge < -0.3 is 0 Å². The zero-order valence-electron chi connectivity index (χ0n) is 8.30. The predicted molar refractivity (Wildman–Crippen MR) is 57.6 cm³/mol. The Morgan fingerprint density at radius 2 is 2.15 bits per heavy atom. The minimum atomic E-state index is 0.320. The summed E-state index contributed by atoms with van der Waals surface area (Å²) in [5, 5.41) is 2.02. The fourth-order valence-electron chi connectivity index (χ4n) is 1.39. The number of ketones is 1. The summed E-state index contributed by atoms with van der Waals surface area (Å²) in [6.07, 6.45) is 3.79. The highest BCUT2D eigenvalue weighted by atomic mass is 32.1. The third kappa shape index (κ3) is 2.66. The first kappa shape index (κ1) is 10.5. The molecule has 72 valence electrons. The molecular formula is C11H16OS. The van der Waals surface area contributed by atoms with Crippen LogP contribution in [0.3, 0.4) is 0 Å². The Hall–Kier alpha value is -0.630. The van der Waals surface area contributed by atoms with Gasteiger partial charge in [0.2, 0.25) is 0 Å². The van der Waals surface area contributed by atoms with Gasteiger partial charge in [-0.1, -0.05) is 20.3 Å². The summed E-state index contributed by atoms with van der Waals surface area (Å²) in [6.45, 7) is 4.19. The SMILES string of the molecule is CCCC(=O)c1sccc1CCC. The molecule has 0 atom stereocenters. The third-order valence-corrected chi connectivity index (χ3v) is 2.99. The van der Waals surface area contributed by atoms with Crippen molar-refractivity contribution in [3.05, 3.63) is 21.9 Å². The van der Waals surface area contributed by atoms with E-state index in [1.54, 1.807) is 11.3 Å². The number of carbonyl (C=O) groups excluding carboxylic acids is 1. The van der Waals surface area contributed by atoms with Crippen molar-refractivity contribution in [1.29, 1.82) is 0 Å². The molecule has 0 amide bonds. The van der Waals surface area contributed by atoms with E-state index in [-0.39, 0.29) is 0 Å². The molecule has 0 aliphatic heterocycles. The van der Waals surface area contributed by atoms with Crippen molar-refractivity contribution < 1.29 is 4.79 Å². The number of carbonyl (C=O) groups is 1. The Bertz CT molecular complexity index is 275. The van der Waals surface area contributed by atoms with Gasteiger partial charge in [-0.15, -0.1) is 11.3 Å².